The fourth-order valence-electron chi connectivity index (χ4n) is 1.56. The molecule has 0 amide bonds. The molecule has 0 radical (unpaired) electrons. The average Bonchev–Trinajstić information content (AvgIpc) is 2.36. The van der Waals surface area contributed by atoms with Gasteiger partial charge in [0.1, 0.15) is 0 Å². The number of hydrogen-bond acceptors (Lipinski definition) is 2. The van der Waals surface area contributed by atoms with Crippen LogP contribution in [0.3, 0.4) is 0 Å². The van der Waals surface area contributed by atoms with Gasteiger partial charge in [0, 0.05) is 12.5 Å². The second-order valence-corrected chi connectivity index (χ2v) is 3.25. The van der Waals surface area contributed by atoms with Crippen molar-refractivity contribution in [2.75, 3.05) is 13.6 Å². The van der Waals surface area contributed by atoms with Gasteiger partial charge in [-0.25, -0.2) is 8.78 Å². The normalized spacial score (nSPS) is 25.2. The molecule has 1 fully saturated rings. The summed E-state index contributed by atoms with van der Waals surface area (Å²) < 4.78 is 23.7. The molecule has 0 spiro atoms. The lowest BCUT2D eigenvalue weighted by Crippen LogP contribution is -2.29. The van der Waals surface area contributed by atoms with Gasteiger partial charge in [-0.1, -0.05) is 0 Å². The molecule has 0 aliphatic carbocycles. The number of carbonyl (C=O) groups excluding carboxylic acids is 1. The molecule has 70 valence electrons. The first kappa shape index (κ1) is 9.58. The predicted molar refractivity (Wildman–Crippen MR) is 41.3 cm³/mol. The number of nitrogens with zero attached hydrogens (tertiary/aromatic N) is 1. The Morgan fingerprint density at radius 2 is 2.33 bits per heavy atom. The maximum absolute atomic E-state index is 11.8. The van der Waals surface area contributed by atoms with Gasteiger partial charge < -0.3 is 4.90 Å². The van der Waals surface area contributed by atoms with Gasteiger partial charge in [-0.05, 0) is 26.4 Å². The first-order valence-corrected chi connectivity index (χ1v) is 4.12. The van der Waals surface area contributed by atoms with E-state index < -0.39 is 12.2 Å². The van der Waals surface area contributed by atoms with Crippen molar-refractivity contribution >= 4 is 5.78 Å². The van der Waals surface area contributed by atoms with Crippen LogP contribution in [0.15, 0.2) is 0 Å². The van der Waals surface area contributed by atoms with E-state index in [1.807, 2.05) is 11.9 Å². The highest BCUT2D eigenvalue weighted by atomic mass is 19.3. The Labute approximate surface area is 70.5 Å². The smallest absolute Gasteiger partial charge is 0.296 e. The average molecular weight is 177 g/mol. The third-order valence-electron chi connectivity index (χ3n) is 2.35. The largest absolute Gasteiger partial charge is 0.303 e. The van der Waals surface area contributed by atoms with E-state index in [9.17, 15) is 13.6 Å². The Morgan fingerprint density at radius 3 is 2.75 bits per heavy atom. The van der Waals surface area contributed by atoms with Crippen molar-refractivity contribution < 1.29 is 13.6 Å². The molecule has 1 aliphatic heterocycles. The van der Waals surface area contributed by atoms with E-state index in [4.69, 9.17) is 0 Å². The van der Waals surface area contributed by atoms with Gasteiger partial charge in [-0.2, -0.15) is 0 Å². The first-order valence-electron chi connectivity index (χ1n) is 4.12. The Hall–Kier alpha value is -0.510. The van der Waals surface area contributed by atoms with Crippen LogP contribution in [0.1, 0.15) is 19.3 Å². The van der Waals surface area contributed by atoms with Crippen LogP contribution in [-0.2, 0) is 4.79 Å². The summed E-state index contributed by atoms with van der Waals surface area (Å²) >= 11 is 0. The number of Topliss-reactive ketones (excluding diaryl/α,β-unsaturated/α-hetero) is 1. The number of likely N-dealkylation sites (tertiary alicyclic amines) is 1. The van der Waals surface area contributed by atoms with E-state index in [-0.39, 0.29) is 12.5 Å². The zero-order valence-corrected chi connectivity index (χ0v) is 7.09. The molecule has 1 unspecified atom stereocenters. The monoisotopic (exact) mass is 177 g/mol. The highest BCUT2D eigenvalue weighted by molar-refractivity contribution is 5.82. The minimum absolute atomic E-state index is 0.00810. The second-order valence-electron chi connectivity index (χ2n) is 3.25. The van der Waals surface area contributed by atoms with Gasteiger partial charge in [-0.15, -0.1) is 0 Å². The zero-order valence-electron chi connectivity index (χ0n) is 7.09. The zero-order chi connectivity index (χ0) is 9.14. The van der Waals surface area contributed by atoms with Crippen molar-refractivity contribution in [1.82, 2.24) is 4.90 Å². The summed E-state index contributed by atoms with van der Waals surface area (Å²) in [6.07, 6.45) is -0.903. The molecule has 1 saturated heterocycles. The summed E-state index contributed by atoms with van der Waals surface area (Å²) in [6, 6.07) is 0.0477. The van der Waals surface area contributed by atoms with Crippen molar-refractivity contribution in [3.63, 3.8) is 0 Å². The predicted octanol–water partition coefficient (Wildman–Crippen LogP) is 1.30. The van der Waals surface area contributed by atoms with E-state index in [1.54, 1.807) is 0 Å². The molecule has 1 heterocycles. The molecule has 2 nitrogen and oxygen atoms in total. The van der Waals surface area contributed by atoms with Crippen LogP contribution in [-0.4, -0.2) is 36.7 Å². The van der Waals surface area contributed by atoms with Crippen molar-refractivity contribution in [2.45, 2.75) is 31.7 Å². The van der Waals surface area contributed by atoms with Gasteiger partial charge in [0.2, 0.25) is 0 Å². The fraction of sp³-hybridized carbons (Fsp3) is 0.875. The first-order chi connectivity index (χ1) is 5.61. The van der Waals surface area contributed by atoms with E-state index in [0.717, 1.165) is 19.4 Å². The quantitative estimate of drug-likeness (QED) is 0.647. The molecule has 0 aromatic carbocycles. The van der Waals surface area contributed by atoms with Gasteiger partial charge >= 0.3 is 0 Å². The lowest BCUT2D eigenvalue weighted by molar-refractivity contribution is -0.130. The second kappa shape index (κ2) is 3.94. The van der Waals surface area contributed by atoms with E-state index in [2.05, 4.69) is 0 Å². The standard InChI is InChI=1S/C8H13F2NO/c1-11-4-2-3-6(11)5-7(12)8(9)10/h6,8H,2-5H2,1H3. The lowest BCUT2D eigenvalue weighted by Gasteiger charge is -2.17. The fourth-order valence-corrected chi connectivity index (χ4v) is 1.56. The third kappa shape index (κ3) is 2.24. The van der Waals surface area contributed by atoms with Crippen LogP contribution >= 0.6 is 0 Å². The van der Waals surface area contributed by atoms with Crippen LogP contribution in [0.5, 0.6) is 0 Å². The summed E-state index contributed by atoms with van der Waals surface area (Å²) in [7, 11) is 1.87. The summed E-state index contributed by atoms with van der Waals surface area (Å²) in [5.74, 6) is -0.922. The number of hydrogen-bond donors (Lipinski definition) is 0. The molecule has 0 aromatic rings. The number of halogens is 2. The van der Waals surface area contributed by atoms with Crippen LogP contribution in [0.25, 0.3) is 0 Å². The molecular formula is C8H13F2NO. The molecule has 4 heteroatoms. The molecule has 1 aliphatic rings. The Kier molecular flexibility index (Phi) is 3.14. The van der Waals surface area contributed by atoms with E-state index in [0.29, 0.717) is 0 Å². The Bertz CT molecular complexity index is 172. The van der Waals surface area contributed by atoms with E-state index >= 15 is 0 Å². The topological polar surface area (TPSA) is 20.3 Å². The van der Waals surface area contributed by atoms with Crippen molar-refractivity contribution in [1.29, 1.82) is 0 Å². The summed E-state index contributed by atoms with van der Waals surface area (Å²) in [5, 5.41) is 0. The van der Waals surface area contributed by atoms with Gasteiger partial charge in [0.05, 0.1) is 0 Å². The number of alkyl halides is 2. The summed E-state index contributed by atoms with van der Waals surface area (Å²) in [6.45, 7) is 0.918. The van der Waals surface area contributed by atoms with Gasteiger partial charge in [0.25, 0.3) is 6.43 Å². The maximum Gasteiger partial charge on any atom is 0.296 e. The van der Waals surface area contributed by atoms with E-state index in [1.165, 1.54) is 0 Å². The molecule has 0 aromatic heterocycles. The molecule has 0 N–H and O–H groups in total. The summed E-state index contributed by atoms with van der Waals surface area (Å²) in [5.41, 5.74) is 0. The lowest BCUT2D eigenvalue weighted by atomic mass is 10.1. The van der Waals surface area contributed by atoms with Crippen LogP contribution in [0, 0.1) is 0 Å². The SMILES string of the molecule is CN1CCCC1CC(=O)C(F)F. The summed E-state index contributed by atoms with van der Waals surface area (Å²) in [4.78, 5) is 12.6. The Balaban J connectivity index is 2.35. The van der Waals surface area contributed by atoms with Crippen LogP contribution < -0.4 is 0 Å². The molecule has 1 rings (SSSR count). The number of ketones is 1. The van der Waals surface area contributed by atoms with Crippen LogP contribution in [0.4, 0.5) is 8.78 Å². The number of carbonyl (C=O) groups is 1. The van der Waals surface area contributed by atoms with Gasteiger partial charge in [-0.3, -0.25) is 4.79 Å². The maximum atomic E-state index is 11.8. The highest BCUT2D eigenvalue weighted by Gasteiger charge is 2.26. The highest BCUT2D eigenvalue weighted by Crippen LogP contribution is 2.19. The van der Waals surface area contributed by atoms with Crippen LogP contribution in [0.2, 0.25) is 0 Å². The van der Waals surface area contributed by atoms with Crippen molar-refractivity contribution in [2.24, 2.45) is 0 Å². The molecular weight excluding hydrogens is 164 g/mol. The third-order valence-corrected chi connectivity index (χ3v) is 2.35. The minimum Gasteiger partial charge on any atom is -0.303 e. The minimum atomic E-state index is -2.79. The Morgan fingerprint density at radius 1 is 1.67 bits per heavy atom. The van der Waals surface area contributed by atoms with Gasteiger partial charge in [0.15, 0.2) is 5.78 Å². The molecule has 12 heavy (non-hydrogen) atoms. The van der Waals surface area contributed by atoms with Crippen molar-refractivity contribution in [3.05, 3.63) is 0 Å². The molecule has 0 saturated carbocycles. The number of rotatable bonds is 3. The molecule has 0 bridgehead atoms. The molecule has 1 atom stereocenters. The van der Waals surface area contributed by atoms with Crippen molar-refractivity contribution in [3.8, 4) is 0 Å².